The Bertz CT molecular complexity index is 934. The quantitative estimate of drug-likeness (QED) is 0.547. The van der Waals surface area contributed by atoms with Crippen LogP contribution in [0.2, 0.25) is 0 Å². The van der Waals surface area contributed by atoms with E-state index in [1.165, 1.54) is 0 Å². The monoisotopic (exact) mass is 428 g/mol. The fourth-order valence-electron chi connectivity index (χ4n) is 7.94. The Hall–Kier alpha value is -1.79. The van der Waals surface area contributed by atoms with Gasteiger partial charge < -0.3 is 14.6 Å². The van der Waals surface area contributed by atoms with Crippen LogP contribution in [-0.4, -0.2) is 46.6 Å². The Morgan fingerprint density at radius 3 is 2.74 bits per heavy atom. The maximum absolute atomic E-state index is 13.2. The van der Waals surface area contributed by atoms with Crippen LogP contribution in [0.15, 0.2) is 23.8 Å². The second kappa shape index (κ2) is 6.38. The molecule has 0 bridgehead atoms. The molecule has 4 aliphatic carbocycles. The zero-order valence-electron chi connectivity index (χ0n) is 18.8. The number of carbonyl (C=O) groups is 3. The van der Waals surface area contributed by atoms with Crippen molar-refractivity contribution in [2.45, 2.75) is 77.1 Å². The summed E-state index contributed by atoms with van der Waals surface area (Å²) >= 11 is 0. The van der Waals surface area contributed by atoms with Gasteiger partial charge in [0.05, 0.1) is 6.10 Å². The molecule has 1 aliphatic heterocycles. The van der Waals surface area contributed by atoms with Crippen molar-refractivity contribution in [1.82, 2.24) is 0 Å². The highest BCUT2D eigenvalue weighted by molar-refractivity contribution is 6.01. The first-order valence-corrected chi connectivity index (χ1v) is 11.6. The predicted molar refractivity (Wildman–Crippen MR) is 112 cm³/mol. The molecular weight excluding hydrogens is 396 g/mol. The van der Waals surface area contributed by atoms with Crippen molar-refractivity contribution in [3.05, 3.63) is 23.8 Å². The van der Waals surface area contributed by atoms with Gasteiger partial charge in [-0.15, -0.1) is 0 Å². The normalized spacial score (nSPS) is 49.3. The fourth-order valence-corrected chi connectivity index (χ4v) is 7.94. The van der Waals surface area contributed by atoms with E-state index in [0.29, 0.717) is 6.42 Å². The summed E-state index contributed by atoms with van der Waals surface area (Å²) in [6, 6.07) is 0. The smallest absolute Gasteiger partial charge is 0.305 e. The van der Waals surface area contributed by atoms with Crippen molar-refractivity contribution in [2.75, 3.05) is 6.61 Å². The van der Waals surface area contributed by atoms with Gasteiger partial charge in [-0.3, -0.25) is 14.4 Å². The summed E-state index contributed by atoms with van der Waals surface area (Å²) in [5.74, 6) is -0.684. The van der Waals surface area contributed by atoms with Crippen LogP contribution in [0.25, 0.3) is 0 Å². The number of hydrogen-bond acceptors (Lipinski definition) is 6. The molecule has 3 saturated carbocycles. The number of hydrogen-bond donors (Lipinski definition) is 1. The van der Waals surface area contributed by atoms with E-state index in [2.05, 4.69) is 6.92 Å². The molecule has 1 N–H and O–H groups in total. The fraction of sp³-hybridized carbons (Fsp3) is 0.720. The first kappa shape index (κ1) is 21.1. The minimum Gasteiger partial charge on any atom is -0.458 e. The molecule has 0 aromatic rings. The molecular formula is C25H32O6. The number of esters is 1. The number of ether oxygens (including phenoxy) is 2. The average Bonchev–Trinajstić information content (AvgIpc) is 3.42. The van der Waals surface area contributed by atoms with E-state index >= 15 is 0 Å². The lowest BCUT2D eigenvalue weighted by Crippen LogP contribution is -2.62. The Labute approximate surface area is 183 Å². The van der Waals surface area contributed by atoms with Crippen LogP contribution in [0.5, 0.6) is 0 Å². The highest BCUT2D eigenvalue weighted by Gasteiger charge is 2.82. The number of Topliss-reactive ketones (excluding diaryl/α,β-unsaturated/α-hetero) is 1. The van der Waals surface area contributed by atoms with Crippen molar-refractivity contribution >= 4 is 17.5 Å². The molecule has 4 fully saturated rings. The zero-order valence-corrected chi connectivity index (χ0v) is 18.8. The molecule has 8 atom stereocenters. The Balaban J connectivity index is 1.49. The lowest BCUT2D eigenvalue weighted by atomic mass is 9.46. The molecule has 1 heterocycles. The average molecular weight is 429 g/mol. The maximum atomic E-state index is 13.2. The number of allylic oxidation sites excluding steroid dienone is 2. The maximum Gasteiger partial charge on any atom is 0.305 e. The van der Waals surface area contributed by atoms with E-state index in [0.717, 1.165) is 24.8 Å². The highest BCUT2D eigenvalue weighted by Crippen LogP contribution is 2.76. The third kappa shape index (κ3) is 2.38. The van der Waals surface area contributed by atoms with Crippen LogP contribution >= 0.6 is 0 Å². The molecule has 6 nitrogen and oxygen atoms in total. The Kier molecular flexibility index (Phi) is 4.34. The van der Waals surface area contributed by atoms with Crippen LogP contribution < -0.4 is 0 Å². The van der Waals surface area contributed by atoms with E-state index in [-0.39, 0.29) is 53.7 Å². The Morgan fingerprint density at radius 1 is 1.29 bits per heavy atom. The molecule has 0 aromatic carbocycles. The number of rotatable bonds is 4. The minimum absolute atomic E-state index is 0.0382. The van der Waals surface area contributed by atoms with E-state index in [1.807, 2.05) is 19.9 Å². The van der Waals surface area contributed by atoms with Gasteiger partial charge >= 0.3 is 5.97 Å². The highest BCUT2D eigenvalue weighted by atomic mass is 16.6. The van der Waals surface area contributed by atoms with Gasteiger partial charge in [-0.2, -0.15) is 0 Å². The number of ketones is 2. The van der Waals surface area contributed by atoms with Gasteiger partial charge in [-0.1, -0.05) is 32.4 Å². The third-order valence-electron chi connectivity index (χ3n) is 9.59. The van der Waals surface area contributed by atoms with Crippen molar-refractivity contribution < 1.29 is 29.0 Å². The number of carbonyl (C=O) groups excluding carboxylic acids is 3. The number of fused-ring (bicyclic) bond motifs is 3. The van der Waals surface area contributed by atoms with E-state index in [1.54, 1.807) is 19.1 Å². The minimum atomic E-state index is -1.54. The predicted octanol–water partition coefficient (Wildman–Crippen LogP) is 2.93. The van der Waals surface area contributed by atoms with Gasteiger partial charge in [0.2, 0.25) is 5.78 Å². The summed E-state index contributed by atoms with van der Waals surface area (Å²) in [6.07, 6.45) is 8.65. The molecule has 5 aliphatic rings. The van der Waals surface area contributed by atoms with Crippen LogP contribution in [0.3, 0.4) is 0 Å². The zero-order chi connectivity index (χ0) is 22.4. The summed E-state index contributed by atoms with van der Waals surface area (Å²) in [6.45, 7) is 7.45. The van der Waals surface area contributed by atoms with E-state index in [4.69, 9.17) is 9.47 Å². The second-order valence-corrected chi connectivity index (χ2v) is 10.7. The largest absolute Gasteiger partial charge is 0.458 e. The summed E-state index contributed by atoms with van der Waals surface area (Å²) in [4.78, 5) is 36.8. The molecule has 31 heavy (non-hydrogen) atoms. The summed E-state index contributed by atoms with van der Waals surface area (Å²) in [5, 5.41) is 11.9. The summed E-state index contributed by atoms with van der Waals surface area (Å²) in [5.41, 5.74) is -1.71. The third-order valence-corrected chi connectivity index (χ3v) is 9.59. The van der Waals surface area contributed by atoms with Crippen LogP contribution in [0.1, 0.15) is 59.8 Å². The molecule has 8 unspecified atom stereocenters. The molecule has 0 aromatic heterocycles. The SMILES string of the molecule is CCC(=O)OCC(=O)C1(O)C(C)CC2C3CCC4=CC(=O)C=CC4(C)C34OC4CC21C. The van der Waals surface area contributed by atoms with Crippen LogP contribution in [-0.2, 0) is 23.9 Å². The number of aliphatic hydroxyl groups is 1. The van der Waals surface area contributed by atoms with Crippen molar-refractivity contribution in [2.24, 2.45) is 28.6 Å². The molecule has 1 spiro atoms. The van der Waals surface area contributed by atoms with Crippen LogP contribution in [0.4, 0.5) is 0 Å². The van der Waals surface area contributed by atoms with E-state index in [9.17, 15) is 19.5 Å². The number of epoxide rings is 1. The molecule has 0 radical (unpaired) electrons. The van der Waals surface area contributed by atoms with Crippen molar-refractivity contribution in [3.63, 3.8) is 0 Å². The van der Waals surface area contributed by atoms with Gasteiger partial charge in [0, 0.05) is 17.3 Å². The van der Waals surface area contributed by atoms with Gasteiger partial charge in [0.15, 0.2) is 12.4 Å². The molecule has 168 valence electrons. The lowest BCUT2D eigenvalue weighted by molar-refractivity contribution is -0.171. The van der Waals surface area contributed by atoms with Crippen LogP contribution in [0, 0.1) is 28.6 Å². The summed E-state index contributed by atoms with van der Waals surface area (Å²) in [7, 11) is 0. The molecule has 1 saturated heterocycles. The first-order chi connectivity index (χ1) is 14.5. The first-order valence-electron chi connectivity index (χ1n) is 11.6. The van der Waals surface area contributed by atoms with Gasteiger partial charge in [-0.05, 0) is 62.5 Å². The topological polar surface area (TPSA) is 93.2 Å². The van der Waals surface area contributed by atoms with Crippen molar-refractivity contribution in [3.8, 4) is 0 Å². The van der Waals surface area contributed by atoms with Crippen molar-refractivity contribution in [1.29, 1.82) is 0 Å². The van der Waals surface area contributed by atoms with E-state index < -0.39 is 22.8 Å². The van der Waals surface area contributed by atoms with Gasteiger partial charge in [-0.25, -0.2) is 0 Å². The molecule has 6 heteroatoms. The Morgan fingerprint density at radius 2 is 2.03 bits per heavy atom. The summed E-state index contributed by atoms with van der Waals surface area (Å²) < 4.78 is 11.6. The molecule has 0 amide bonds. The van der Waals surface area contributed by atoms with Gasteiger partial charge in [0.1, 0.15) is 11.2 Å². The molecule has 5 rings (SSSR count). The second-order valence-electron chi connectivity index (χ2n) is 10.7. The lowest BCUT2D eigenvalue weighted by Gasteiger charge is -2.55. The standard InChI is InChI=1S/C25H32O6/c1-5-21(28)30-13-19(27)24(29)14(2)10-18-17-7-6-15-11-16(26)8-9-22(15,3)25(17)20(31-25)12-23(18,24)4/h8-9,11,14,17-18,20,29H,5-7,10,12-13H2,1-4H3. The van der Waals surface area contributed by atoms with Gasteiger partial charge in [0.25, 0.3) is 0 Å².